The van der Waals surface area contributed by atoms with Crippen LogP contribution >= 0.6 is 0 Å². The summed E-state index contributed by atoms with van der Waals surface area (Å²) in [7, 11) is -3.91. The van der Waals surface area contributed by atoms with Gasteiger partial charge in [-0.2, -0.15) is 4.31 Å². The number of carboxylic acid groups (broad SMARTS) is 1. The van der Waals surface area contributed by atoms with Gasteiger partial charge in [0.25, 0.3) is 0 Å². The maximum Gasteiger partial charge on any atom is 0.322 e. The first-order chi connectivity index (χ1) is 10.8. The van der Waals surface area contributed by atoms with Gasteiger partial charge in [-0.3, -0.25) is 4.79 Å². The van der Waals surface area contributed by atoms with E-state index in [0.29, 0.717) is 11.4 Å². The smallest absolute Gasteiger partial charge is 0.322 e. The van der Waals surface area contributed by atoms with Gasteiger partial charge in [0.05, 0.1) is 29.2 Å². The lowest BCUT2D eigenvalue weighted by Crippen LogP contribution is -2.48. The Morgan fingerprint density at radius 3 is 2.74 bits per heavy atom. The van der Waals surface area contributed by atoms with Crippen molar-refractivity contribution in [3.8, 4) is 0 Å². The molecule has 23 heavy (non-hydrogen) atoms. The molecule has 3 rings (SSSR count). The number of aryl methyl sites for hydroxylation is 2. The number of benzene rings is 1. The Kier molecular flexibility index (Phi) is 3.73. The molecule has 0 bridgehead atoms. The molecule has 1 aliphatic rings. The zero-order chi connectivity index (χ0) is 16.8. The Hall–Kier alpha value is -2.19. The first kappa shape index (κ1) is 15.7. The highest BCUT2D eigenvalue weighted by Gasteiger charge is 2.40. The summed E-state index contributed by atoms with van der Waals surface area (Å²) in [6.07, 6.45) is 1.51. The number of hydrogen-bond acceptors (Lipinski definition) is 4. The van der Waals surface area contributed by atoms with Crippen LogP contribution in [0.15, 0.2) is 29.4 Å². The quantitative estimate of drug-likeness (QED) is 0.878. The minimum absolute atomic E-state index is 0.0262. The van der Waals surface area contributed by atoms with Crippen molar-refractivity contribution in [2.24, 2.45) is 0 Å². The van der Waals surface area contributed by atoms with Crippen LogP contribution in [0.3, 0.4) is 0 Å². The topological polar surface area (TPSA) is 103 Å². The fourth-order valence-corrected chi connectivity index (χ4v) is 4.32. The lowest BCUT2D eigenvalue weighted by Gasteiger charge is -2.31. The van der Waals surface area contributed by atoms with Crippen LogP contribution < -0.4 is 0 Å². The summed E-state index contributed by atoms with van der Waals surface area (Å²) in [5, 5.41) is 9.44. The van der Waals surface area contributed by atoms with Gasteiger partial charge in [-0.15, -0.1) is 0 Å². The van der Waals surface area contributed by atoms with E-state index in [2.05, 4.69) is 9.97 Å². The van der Waals surface area contributed by atoms with Gasteiger partial charge in [0, 0.05) is 6.42 Å². The normalized spacial score (nSPS) is 18.6. The molecule has 2 N–H and O–H groups in total. The van der Waals surface area contributed by atoms with E-state index in [-0.39, 0.29) is 17.9 Å². The Morgan fingerprint density at radius 2 is 2.09 bits per heavy atom. The molecule has 0 radical (unpaired) electrons. The summed E-state index contributed by atoms with van der Waals surface area (Å²) in [4.78, 5) is 18.6. The molecule has 2 aromatic rings. The van der Waals surface area contributed by atoms with Gasteiger partial charge in [0.2, 0.25) is 10.0 Å². The molecule has 122 valence electrons. The molecule has 1 aliphatic heterocycles. The van der Waals surface area contributed by atoms with E-state index in [1.807, 2.05) is 13.8 Å². The molecule has 0 fully saturated rings. The standard InChI is InChI=1S/C15H17N3O4S/c1-9-3-4-11(5-10(9)2)23(21,22)18-7-13-12(16-8-17-13)6-14(18)15(19)20/h3-5,8,14H,6-7H2,1-2H3,(H,16,17)(H,19,20). The van der Waals surface area contributed by atoms with E-state index >= 15 is 0 Å². The molecule has 1 aromatic carbocycles. The number of aromatic nitrogens is 2. The predicted octanol–water partition coefficient (Wildman–Crippen LogP) is 1.23. The maximum atomic E-state index is 12.9. The monoisotopic (exact) mass is 335 g/mol. The highest BCUT2D eigenvalue weighted by molar-refractivity contribution is 7.89. The second-order valence-electron chi connectivity index (χ2n) is 5.68. The van der Waals surface area contributed by atoms with Crippen LogP contribution in [0.4, 0.5) is 0 Å². The third kappa shape index (κ3) is 2.64. The van der Waals surface area contributed by atoms with Gasteiger partial charge in [-0.05, 0) is 37.1 Å². The van der Waals surface area contributed by atoms with Crippen LogP contribution in [0, 0.1) is 13.8 Å². The number of nitrogens with zero attached hydrogens (tertiary/aromatic N) is 2. The number of imidazole rings is 1. The number of sulfonamides is 1. The second kappa shape index (κ2) is 5.47. The van der Waals surface area contributed by atoms with E-state index in [1.54, 1.807) is 12.1 Å². The molecule has 2 heterocycles. The average molecular weight is 335 g/mol. The Morgan fingerprint density at radius 1 is 1.35 bits per heavy atom. The fourth-order valence-electron chi connectivity index (χ4n) is 2.69. The van der Waals surface area contributed by atoms with Crippen LogP contribution in [0.5, 0.6) is 0 Å². The number of aromatic amines is 1. The third-order valence-corrected chi connectivity index (χ3v) is 6.08. The molecular formula is C15H17N3O4S. The van der Waals surface area contributed by atoms with E-state index in [1.165, 1.54) is 12.4 Å². The third-order valence-electron chi connectivity index (χ3n) is 4.23. The fraction of sp³-hybridized carbons (Fsp3) is 0.333. The van der Waals surface area contributed by atoms with Crippen molar-refractivity contribution in [1.29, 1.82) is 0 Å². The predicted molar refractivity (Wildman–Crippen MR) is 82.4 cm³/mol. The van der Waals surface area contributed by atoms with Gasteiger partial charge < -0.3 is 10.1 Å². The lowest BCUT2D eigenvalue weighted by molar-refractivity contribution is -0.141. The molecule has 8 heteroatoms. The average Bonchev–Trinajstić information content (AvgIpc) is 2.96. The lowest BCUT2D eigenvalue weighted by atomic mass is 10.1. The largest absolute Gasteiger partial charge is 0.480 e. The van der Waals surface area contributed by atoms with Gasteiger partial charge >= 0.3 is 5.97 Å². The van der Waals surface area contributed by atoms with Gasteiger partial charge in [-0.1, -0.05) is 6.07 Å². The highest BCUT2D eigenvalue weighted by Crippen LogP contribution is 2.28. The summed E-state index contributed by atoms with van der Waals surface area (Å²) in [5.74, 6) is -1.17. The van der Waals surface area contributed by atoms with Crippen molar-refractivity contribution in [1.82, 2.24) is 14.3 Å². The second-order valence-corrected chi connectivity index (χ2v) is 7.57. The molecule has 1 aromatic heterocycles. The first-order valence-electron chi connectivity index (χ1n) is 7.13. The zero-order valence-corrected chi connectivity index (χ0v) is 13.6. The number of carbonyl (C=O) groups is 1. The van der Waals surface area contributed by atoms with Gasteiger partial charge in [-0.25, -0.2) is 13.4 Å². The summed E-state index contributed by atoms with van der Waals surface area (Å²) in [5.41, 5.74) is 3.06. The number of carboxylic acids is 1. The SMILES string of the molecule is Cc1ccc(S(=O)(=O)N2Cc3[nH]cnc3CC2C(=O)O)cc1C. The number of rotatable bonds is 3. The molecule has 7 nitrogen and oxygen atoms in total. The van der Waals surface area contributed by atoms with Crippen LogP contribution in [0.25, 0.3) is 0 Å². The van der Waals surface area contributed by atoms with Gasteiger partial charge in [0.1, 0.15) is 6.04 Å². The van der Waals surface area contributed by atoms with Crippen molar-refractivity contribution >= 4 is 16.0 Å². The first-order valence-corrected chi connectivity index (χ1v) is 8.57. The van der Waals surface area contributed by atoms with Crippen molar-refractivity contribution in [2.45, 2.75) is 37.8 Å². The molecule has 0 saturated carbocycles. The van der Waals surface area contributed by atoms with E-state index in [9.17, 15) is 18.3 Å². The van der Waals surface area contributed by atoms with Crippen LogP contribution in [-0.2, 0) is 27.8 Å². The Balaban J connectivity index is 2.06. The molecule has 1 unspecified atom stereocenters. The molecule has 0 saturated heterocycles. The number of aliphatic carboxylic acids is 1. The zero-order valence-electron chi connectivity index (χ0n) is 12.8. The molecule has 0 aliphatic carbocycles. The number of H-pyrrole nitrogens is 1. The van der Waals surface area contributed by atoms with E-state index in [0.717, 1.165) is 15.4 Å². The van der Waals surface area contributed by atoms with Crippen LogP contribution in [-0.4, -0.2) is 39.8 Å². The number of fused-ring (bicyclic) bond motifs is 1. The number of hydrogen-bond donors (Lipinski definition) is 2. The van der Waals surface area contributed by atoms with Crippen molar-refractivity contribution in [3.05, 3.63) is 47.0 Å². The summed E-state index contributed by atoms with van der Waals surface area (Å²) in [6.45, 7) is 3.69. The van der Waals surface area contributed by atoms with Crippen LogP contribution in [0.2, 0.25) is 0 Å². The Bertz CT molecular complexity index is 873. The highest BCUT2D eigenvalue weighted by atomic mass is 32.2. The summed E-state index contributed by atoms with van der Waals surface area (Å²) < 4.78 is 26.9. The molecule has 0 spiro atoms. The molecule has 1 atom stereocenters. The Labute approximate surface area is 134 Å². The molecular weight excluding hydrogens is 318 g/mol. The summed E-state index contributed by atoms with van der Waals surface area (Å²) >= 11 is 0. The maximum absolute atomic E-state index is 12.9. The van der Waals surface area contributed by atoms with Crippen LogP contribution in [0.1, 0.15) is 22.5 Å². The summed E-state index contributed by atoms with van der Waals surface area (Å²) in [6, 6.07) is 3.66. The van der Waals surface area contributed by atoms with Gasteiger partial charge in [0.15, 0.2) is 0 Å². The van der Waals surface area contributed by atoms with E-state index < -0.39 is 22.0 Å². The minimum Gasteiger partial charge on any atom is -0.480 e. The van der Waals surface area contributed by atoms with Crippen molar-refractivity contribution < 1.29 is 18.3 Å². The van der Waals surface area contributed by atoms with E-state index in [4.69, 9.17) is 0 Å². The minimum atomic E-state index is -3.91. The van der Waals surface area contributed by atoms with Crippen molar-refractivity contribution in [3.63, 3.8) is 0 Å². The molecule has 0 amide bonds. The number of nitrogens with one attached hydrogen (secondary N) is 1. The van der Waals surface area contributed by atoms with Crippen molar-refractivity contribution in [2.75, 3.05) is 0 Å².